The normalized spacial score (nSPS) is 20.6. The van der Waals surface area contributed by atoms with Gasteiger partial charge in [-0.3, -0.25) is 14.0 Å². The number of para-hydroxylation sites is 1. The Morgan fingerprint density at radius 3 is 2.75 bits per heavy atom. The molecule has 0 fully saturated rings. The highest BCUT2D eigenvalue weighted by atomic mass is 35.5. The van der Waals surface area contributed by atoms with Gasteiger partial charge in [0.15, 0.2) is 0 Å². The number of amides is 1. The number of carbonyl (C=O) groups is 2. The topological polar surface area (TPSA) is 61.4 Å². The van der Waals surface area contributed by atoms with E-state index < -0.39 is 11.3 Å². The molecule has 0 aromatic heterocycles. The van der Waals surface area contributed by atoms with Crippen LogP contribution >= 0.6 is 23.4 Å². The Bertz CT molecular complexity index is 669. The highest BCUT2D eigenvalue weighted by molar-refractivity contribution is 6.65. The number of hydrogen-bond acceptors (Lipinski definition) is 4. The van der Waals surface area contributed by atoms with Crippen LogP contribution in [0.5, 0.6) is 0 Å². The van der Waals surface area contributed by atoms with Gasteiger partial charge in [0, 0.05) is 11.8 Å². The van der Waals surface area contributed by atoms with E-state index in [9.17, 15) is 9.59 Å². The molecule has 2 aliphatic rings. The zero-order valence-corrected chi connectivity index (χ0v) is 11.6. The maximum absolute atomic E-state index is 12.1. The van der Waals surface area contributed by atoms with Crippen LogP contribution in [-0.2, 0) is 4.79 Å². The Morgan fingerprint density at radius 1 is 1.25 bits per heavy atom. The molecular formula is C13H9Cl2N3O2. The minimum Gasteiger partial charge on any atom is -0.339 e. The molecule has 1 unspecified atom stereocenters. The third-order valence-electron chi connectivity index (χ3n) is 3.06. The Balaban J connectivity index is 2.05. The standard InChI is InChI=1S/C13H9Cl2N3O2/c14-11(19)10-6-5-9-12(18(10)15)16-8-4-2-1-3-7(8)13(20)17-9/h1-6,10,16H,(H,17,20). The molecule has 0 aliphatic carbocycles. The molecule has 7 heteroatoms. The van der Waals surface area contributed by atoms with Crippen LogP contribution in [0.2, 0.25) is 0 Å². The van der Waals surface area contributed by atoms with E-state index in [2.05, 4.69) is 10.6 Å². The summed E-state index contributed by atoms with van der Waals surface area (Å²) < 4.78 is 1.17. The summed E-state index contributed by atoms with van der Waals surface area (Å²) in [6, 6.07) is 6.23. The average Bonchev–Trinajstić information content (AvgIpc) is 2.56. The lowest BCUT2D eigenvalue weighted by Gasteiger charge is -2.28. The van der Waals surface area contributed by atoms with Crippen LogP contribution in [0, 0.1) is 0 Å². The molecule has 0 radical (unpaired) electrons. The molecule has 1 atom stereocenters. The second-order valence-corrected chi connectivity index (χ2v) is 5.04. The summed E-state index contributed by atoms with van der Waals surface area (Å²) in [6.45, 7) is 0. The number of halogens is 2. The number of allylic oxidation sites excluding steroid dienone is 1. The van der Waals surface area contributed by atoms with E-state index in [1.807, 2.05) is 0 Å². The molecule has 3 rings (SSSR count). The molecule has 1 aromatic carbocycles. The van der Waals surface area contributed by atoms with Crippen LogP contribution in [0.1, 0.15) is 10.4 Å². The molecule has 2 heterocycles. The van der Waals surface area contributed by atoms with Gasteiger partial charge in [-0.25, -0.2) is 0 Å². The van der Waals surface area contributed by atoms with Crippen molar-refractivity contribution in [2.45, 2.75) is 6.04 Å². The Kier molecular flexibility index (Phi) is 3.16. The third-order valence-corrected chi connectivity index (χ3v) is 3.67. The monoisotopic (exact) mass is 309 g/mol. The highest BCUT2D eigenvalue weighted by Gasteiger charge is 2.31. The van der Waals surface area contributed by atoms with Gasteiger partial charge in [0.2, 0.25) is 5.24 Å². The summed E-state index contributed by atoms with van der Waals surface area (Å²) in [5.74, 6) is 0.162. The predicted molar refractivity (Wildman–Crippen MR) is 76.0 cm³/mol. The molecule has 0 spiro atoms. The summed E-state index contributed by atoms with van der Waals surface area (Å²) in [7, 11) is 0. The minimum absolute atomic E-state index is 0.247. The maximum atomic E-state index is 12.1. The first-order valence-corrected chi connectivity index (χ1v) is 6.54. The largest absolute Gasteiger partial charge is 0.339 e. The van der Waals surface area contributed by atoms with Gasteiger partial charge < -0.3 is 10.6 Å². The fraction of sp³-hybridized carbons (Fsp3) is 0.0769. The predicted octanol–water partition coefficient (Wildman–Crippen LogP) is 2.17. The quantitative estimate of drug-likeness (QED) is 0.616. The first-order valence-electron chi connectivity index (χ1n) is 5.82. The van der Waals surface area contributed by atoms with E-state index in [0.717, 1.165) is 0 Å². The van der Waals surface area contributed by atoms with Crippen molar-refractivity contribution in [3.05, 3.63) is 53.5 Å². The first-order chi connectivity index (χ1) is 9.58. The molecule has 2 N–H and O–H groups in total. The Labute approximate surface area is 124 Å². The fourth-order valence-corrected chi connectivity index (χ4v) is 2.60. The van der Waals surface area contributed by atoms with Gasteiger partial charge in [-0.05, 0) is 35.9 Å². The van der Waals surface area contributed by atoms with E-state index in [-0.39, 0.29) is 5.91 Å². The van der Waals surface area contributed by atoms with E-state index in [4.69, 9.17) is 23.4 Å². The lowest BCUT2D eigenvalue weighted by Crippen LogP contribution is -2.37. The highest BCUT2D eigenvalue weighted by Crippen LogP contribution is 2.29. The van der Waals surface area contributed by atoms with Crippen LogP contribution < -0.4 is 10.6 Å². The second-order valence-electron chi connectivity index (χ2n) is 4.31. The third kappa shape index (κ3) is 2.05. The van der Waals surface area contributed by atoms with Gasteiger partial charge in [0.1, 0.15) is 11.9 Å². The van der Waals surface area contributed by atoms with Gasteiger partial charge in [0.25, 0.3) is 5.91 Å². The van der Waals surface area contributed by atoms with Crippen molar-refractivity contribution in [3.63, 3.8) is 0 Å². The van der Waals surface area contributed by atoms with Crippen LogP contribution in [-0.4, -0.2) is 21.6 Å². The van der Waals surface area contributed by atoms with E-state index in [1.54, 1.807) is 30.3 Å². The van der Waals surface area contributed by atoms with E-state index in [0.29, 0.717) is 22.8 Å². The smallest absolute Gasteiger partial charge is 0.257 e. The molecule has 20 heavy (non-hydrogen) atoms. The number of benzene rings is 1. The number of fused-ring (bicyclic) bond motifs is 1. The van der Waals surface area contributed by atoms with Crippen LogP contribution in [0.3, 0.4) is 0 Å². The zero-order chi connectivity index (χ0) is 14.3. The van der Waals surface area contributed by atoms with Crippen molar-refractivity contribution in [1.82, 2.24) is 9.74 Å². The average molecular weight is 310 g/mol. The minimum atomic E-state index is -0.785. The van der Waals surface area contributed by atoms with Crippen LogP contribution in [0.15, 0.2) is 47.9 Å². The lowest BCUT2D eigenvalue weighted by atomic mass is 10.1. The Morgan fingerprint density at radius 2 is 2.00 bits per heavy atom. The van der Waals surface area contributed by atoms with Crippen molar-refractivity contribution in [3.8, 4) is 0 Å². The fourth-order valence-electron chi connectivity index (χ4n) is 2.09. The number of nitrogens with zero attached hydrogens (tertiary/aromatic N) is 1. The maximum Gasteiger partial charge on any atom is 0.257 e. The van der Waals surface area contributed by atoms with Crippen molar-refractivity contribution >= 4 is 40.2 Å². The van der Waals surface area contributed by atoms with Crippen LogP contribution in [0.25, 0.3) is 0 Å². The van der Waals surface area contributed by atoms with Crippen molar-refractivity contribution < 1.29 is 9.59 Å². The van der Waals surface area contributed by atoms with E-state index in [1.165, 1.54) is 10.5 Å². The van der Waals surface area contributed by atoms with Crippen molar-refractivity contribution in [1.29, 1.82) is 0 Å². The summed E-state index contributed by atoms with van der Waals surface area (Å²) in [6.07, 6.45) is 3.13. The molecule has 1 amide bonds. The summed E-state index contributed by atoms with van der Waals surface area (Å²) in [4.78, 5) is 23.4. The van der Waals surface area contributed by atoms with Gasteiger partial charge >= 0.3 is 0 Å². The second kappa shape index (κ2) is 4.85. The summed E-state index contributed by atoms with van der Waals surface area (Å²) in [5, 5.41) is 5.19. The molecule has 1 aromatic rings. The molecule has 2 aliphatic heterocycles. The molecule has 0 saturated heterocycles. The van der Waals surface area contributed by atoms with Crippen LogP contribution in [0.4, 0.5) is 5.69 Å². The SMILES string of the molecule is O=C1NC2=C(Nc3ccccc31)N(Cl)C(C(=O)Cl)C=C2. The molecule has 0 bridgehead atoms. The summed E-state index contributed by atoms with van der Waals surface area (Å²) >= 11 is 11.6. The molecule has 0 saturated carbocycles. The number of nitrogens with one attached hydrogen (secondary N) is 2. The van der Waals surface area contributed by atoms with E-state index >= 15 is 0 Å². The number of carbonyl (C=O) groups excluding carboxylic acids is 2. The van der Waals surface area contributed by atoms with Gasteiger partial charge in [-0.15, -0.1) is 0 Å². The van der Waals surface area contributed by atoms with Gasteiger partial charge in [-0.2, -0.15) is 0 Å². The first kappa shape index (κ1) is 13.0. The molecular weight excluding hydrogens is 301 g/mol. The van der Waals surface area contributed by atoms with Gasteiger partial charge in [0.05, 0.1) is 16.9 Å². The number of anilines is 1. The van der Waals surface area contributed by atoms with Crippen molar-refractivity contribution in [2.24, 2.45) is 0 Å². The van der Waals surface area contributed by atoms with Gasteiger partial charge in [-0.1, -0.05) is 12.1 Å². The lowest BCUT2D eigenvalue weighted by molar-refractivity contribution is -0.113. The number of hydrogen-bond donors (Lipinski definition) is 2. The number of rotatable bonds is 1. The zero-order valence-electron chi connectivity index (χ0n) is 10.1. The Hall–Kier alpha value is -1.98. The molecule has 102 valence electrons. The van der Waals surface area contributed by atoms with Crippen molar-refractivity contribution in [2.75, 3.05) is 5.32 Å². The summed E-state index contributed by atoms with van der Waals surface area (Å²) in [5.41, 5.74) is 1.58. The molecule has 5 nitrogen and oxygen atoms in total.